The van der Waals surface area contributed by atoms with Gasteiger partial charge in [0.25, 0.3) is 11.8 Å². The van der Waals surface area contributed by atoms with Crippen molar-refractivity contribution in [3.05, 3.63) is 57.3 Å². The van der Waals surface area contributed by atoms with Gasteiger partial charge >= 0.3 is 0 Å². The maximum Gasteiger partial charge on any atom is 0.257 e. The molecule has 1 heterocycles. The fourth-order valence-electron chi connectivity index (χ4n) is 1.75. The van der Waals surface area contributed by atoms with E-state index in [1.807, 2.05) is 0 Å². The first kappa shape index (κ1) is 16.5. The summed E-state index contributed by atoms with van der Waals surface area (Å²) in [5.74, 6) is -0.504. The number of amides is 2. The number of halogens is 2. The van der Waals surface area contributed by atoms with Crippen LogP contribution in [0.15, 0.2) is 41.1 Å². The first-order valence-electron chi connectivity index (χ1n) is 6.31. The van der Waals surface area contributed by atoms with Crippen molar-refractivity contribution in [1.82, 2.24) is 9.88 Å². The molecule has 0 atom stereocenters. The second-order valence-corrected chi connectivity index (χ2v) is 6.06. The maximum atomic E-state index is 12.1. The van der Waals surface area contributed by atoms with E-state index in [9.17, 15) is 9.59 Å². The summed E-state index contributed by atoms with van der Waals surface area (Å²) in [4.78, 5) is 29.4. The van der Waals surface area contributed by atoms with E-state index in [2.05, 4.69) is 26.2 Å². The standard InChI is InChI=1S/C15H13BrClN3O2/c1-20(2)15(22)12-4-3-11(6-13(12)17)19-14(21)9-5-10(16)8-18-7-9/h3-8H,1-2H3,(H,19,21). The van der Waals surface area contributed by atoms with Crippen molar-refractivity contribution >= 4 is 45.0 Å². The van der Waals surface area contributed by atoms with Crippen LogP contribution in [0, 0.1) is 0 Å². The fraction of sp³-hybridized carbons (Fsp3) is 0.133. The predicted molar refractivity (Wildman–Crippen MR) is 89.4 cm³/mol. The van der Waals surface area contributed by atoms with E-state index >= 15 is 0 Å². The third-order valence-corrected chi connectivity index (χ3v) is 3.58. The van der Waals surface area contributed by atoms with Gasteiger partial charge in [-0.25, -0.2) is 0 Å². The SMILES string of the molecule is CN(C)C(=O)c1ccc(NC(=O)c2cncc(Br)c2)cc1Cl. The normalized spacial score (nSPS) is 10.2. The van der Waals surface area contributed by atoms with E-state index in [1.54, 1.807) is 44.6 Å². The van der Waals surface area contributed by atoms with Crippen LogP contribution in [0.4, 0.5) is 5.69 Å². The minimum Gasteiger partial charge on any atom is -0.345 e. The number of nitrogens with one attached hydrogen (secondary N) is 1. The Hall–Kier alpha value is -1.92. The highest BCUT2D eigenvalue weighted by Crippen LogP contribution is 2.22. The molecule has 5 nitrogen and oxygen atoms in total. The van der Waals surface area contributed by atoms with Crippen molar-refractivity contribution in [1.29, 1.82) is 0 Å². The van der Waals surface area contributed by atoms with Gasteiger partial charge in [0.15, 0.2) is 0 Å². The summed E-state index contributed by atoms with van der Waals surface area (Å²) in [5, 5.41) is 2.99. The van der Waals surface area contributed by atoms with Gasteiger partial charge in [-0.15, -0.1) is 0 Å². The van der Waals surface area contributed by atoms with E-state index < -0.39 is 0 Å². The van der Waals surface area contributed by atoms with Gasteiger partial charge in [0, 0.05) is 36.6 Å². The number of carbonyl (C=O) groups excluding carboxylic acids is 2. The molecular weight excluding hydrogens is 370 g/mol. The Labute approximate surface area is 141 Å². The molecule has 2 aromatic rings. The van der Waals surface area contributed by atoms with Crippen LogP contribution >= 0.6 is 27.5 Å². The molecule has 0 fully saturated rings. The highest BCUT2D eigenvalue weighted by Gasteiger charge is 2.14. The van der Waals surface area contributed by atoms with Crippen LogP contribution in [0.25, 0.3) is 0 Å². The van der Waals surface area contributed by atoms with E-state index in [0.717, 1.165) is 0 Å². The summed E-state index contributed by atoms with van der Waals surface area (Å²) in [6.45, 7) is 0. The van der Waals surface area contributed by atoms with Crippen LogP contribution in [0.1, 0.15) is 20.7 Å². The van der Waals surface area contributed by atoms with E-state index in [-0.39, 0.29) is 16.8 Å². The molecule has 22 heavy (non-hydrogen) atoms. The Morgan fingerprint density at radius 2 is 1.95 bits per heavy atom. The monoisotopic (exact) mass is 381 g/mol. The van der Waals surface area contributed by atoms with E-state index in [1.165, 1.54) is 11.1 Å². The van der Waals surface area contributed by atoms with Gasteiger partial charge in [0.05, 0.1) is 16.1 Å². The number of anilines is 1. The zero-order valence-electron chi connectivity index (χ0n) is 11.9. The second kappa shape index (κ2) is 6.89. The third kappa shape index (κ3) is 3.84. The summed E-state index contributed by atoms with van der Waals surface area (Å²) >= 11 is 9.37. The minimum atomic E-state index is -0.309. The van der Waals surface area contributed by atoms with Crippen LogP contribution in [0.3, 0.4) is 0 Å². The van der Waals surface area contributed by atoms with Gasteiger partial charge < -0.3 is 10.2 Å². The zero-order chi connectivity index (χ0) is 16.3. The Bertz CT molecular complexity index is 734. The number of aromatic nitrogens is 1. The largest absolute Gasteiger partial charge is 0.345 e. The lowest BCUT2D eigenvalue weighted by Gasteiger charge is -2.12. The Morgan fingerprint density at radius 3 is 2.55 bits per heavy atom. The zero-order valence-corrected chi connectivity index (χ0v) is 14.3. The van der Waals surface area contributed by atoms with Crippen molar-refractivity contribution in [2.45, 2.75) is 0 Å². The molecule has 1 N–H and O–H groups in total. The van der Waals surface area contributed by atoms with Gasteiger partial charge in [0.2, 0.25) is 0 Å². The molecule has 114 valence electrons. The summed E-state index contributed by atoms with van der Waals surface area (Å²) in [6.07, 6.45) is 3.06. The molecule has 1 aromatic carbocycles. The molecule has 0 saturated carbocycles. The Kier molecular flexibility index (Phi) is 5.15. The highest BCUT2D eigenvalue weighted by atomic mass is 79.9. The topological polar surface area (TPSA) is 62.3 Å². The molecule has 0 aliphatic rings. The van der Waals surface area contributed by atoms with Gasteiger partial charge in [-0.05, 0) is 40.2 Å². The molecular formula is C15H13BrClN3O2. The summed E-state index contributed by atoms with van der Waals surface area (Å²) in [6, 6.07) is 6.42. The second-order valence-electron chi connectivity index (χ2n) is 4.74. The van der Waals surface area contributed by atoms with Crippen molar-refractivity contribution in [3.8, 4) is 0 Å². The molecule has 0 radical (unpaired) electrons. The van der Waals surface area contributed by atoms with Crippen molar-refractivity contribution in [2.24, 2.45) is 0 Å². The molecule has 0 aliphatic carbocycles. The van der Waals surface area contributed by atoms with Gasteiger partial charge in [-0.2, -0.15) is 0 Å². The van der Waals surface area contributed by atoms with Crippen LogP contribution < -0.4 is 5.32 Å². The Morgan fingerprint density at radius 1 is 1.23 bits per heavy atom. The lowest BCUT2D eigenvalue weighted by atomic mass is 10.1. The van der Waals surface area contributed by atoms with Crippen LogP contribution in [-0.4, -0.2) is 35.8 Å². The number of rotatable bonds is 3. The molecule has 7 heteroatoms. The lowest BCUT2D eigenvalue weighted by Crippen LogP contribution is -2.22. The lowest BCUT2D eigenvalue weighted by molar-refractivity contribution is 0.0827. The molecule has 2 rings (SSSR count). The molecule has 0 spiro atoms. The highest BCUT2D eigenvalue weighted by molar-refractivity contribution is 9.10. The number of benzene rings is 1. The average molecular weight is 383 g/mol. The third-order valence-electron chi connectivity index (χ3n) is 2.83. The quantitative estimate of drug-likeness (QED) is 0.884. The van der Waals surface area contributed by atoms with Crippen molar-refractivity contribution in [2.75, 3.05) is 19.4 Å². The van der Waals surface area contributed by atoms with Gasteiger partial charge in [0.1, 0.15) is 0 Å². The molecule has 0 unspecified atom stereocenters. The summed E-state index contributed by atoms with van der Waals surface area (Å²) < 4.78 is 0.713. The first-order chi connectivity index (χ1) is 10.4. The number of hydrogen-bond acceptors (Lipinski definition) is 3. The minimum absolute atomic E-state index is 0.195. The number of nitrogens with zero attached hydrogens (tertiary/aromatic N) is 2. The van der Waals surface area contributed by atoms with E-state index in [4.69, 9.17) is 11.6 Å². The first-order valence-corrected chi connectivity index (χ1v) is 7.48. The van der Waals surface area contributed by atoms with Crippen LogP contribution in [0.5, 0.6) is 0 Å². The van der Waals surface area contributed by atoms with Crippen LogP contribution in [-0.2, 0) is 0 Å². The van der Waals surface area contributed by atoms with Crippen molar-refractivity contribution in [3.63, 3.8) is 0 Å². The summed E-state index contributed by atoms with van der Waals surface area (Å²) in [5.41, 5.74) is 1.30. The number of carbonyl (C=O) groups is 2. The fourth-order valence-corrected chi connectivity index (χ4v) is 2.37. The predicted octanol–water partition coefficient (Wildman–Crippen LogP) is 3.45. The number of hydrogen-bond donors (Lipinski definition) is 1. The summed E-state index contributed by atoms with van der Waals surface area (Å²) in [7, 11) is 3.29. The molecule has 0 saturated heterocycles. The number of pyridine rings is 1. The average Bonchev–Trinajstić information content (AvgIpc) is 2.46. The van der Waals surface area contributed by atoms with Crippen molar-refractivity contribution < 1.29 is 9.59 Å². The molecule has 0 aliphatic heterocycles. The van der Waals surface area contributed by atoms with Gasteiger partial charge in [-0.3, -0.25) is 14.6 Å². The Balaban J connectivity index is 2.19. The smallest absolute Gasteiger partial charge is 0.257 e. The molecule has 0 bridgehead atoms. The van der Waals surface area contributed by atoms with Gasteiger partial charge in [-0.1, -0.05) is 11.6 Å². The van der Waals surface area contributed by atoms with Crippen LogP contribution in [0.2, 0.25) is 5.02 Å². The molecule has 1 aromatic heterocycles. The molecule has 2 amide bonds. The maximum absolute atomic E-state index is 12.1. The van der Waals surface area contributed by atoms with E-state index in [0.29, 0.717) is 21.3 Å².